The zero-order chi connectivity index (χ0) is 23.0. The molecule has 0 fully saturated rings. The molecule has 0 spiro atoms. The second-order valence-corrected chi connectivity index (χ2v) is 7.79. The molecule has 0 radical (unpaired) electrons. The van der Waals surface area contributed by atoms with Crippen molar-refractivity contribution < 1.29 is 23.8 Å². The van der Waals surface area contributed by atoms with E-state index in [1.807, 2.05) is 52.0 Å². The van der Waals surface area contributed by atoms with Crippen LogP contribution in [0.5, 0.6) is 17.2 Å². The third-order valence-corrected chi connectivity index (χ3v) is 4.64. The fraction of sp³-hybridized carbons (Fsp3) is 0.417. The Morgan fingerprint density at radius 3 is 2.10 bits per heavy atom. The average molecular weight is 429 g/mol. The monoisotopic (exact) mass is 428 g/mol. The molecule has 0 aromatic heterocycles. The number of nitrogens with one attached hydrogen (secondary N) is 2. The molecule has 2 N–H and O–H groups in total. The summed E-state index contributed by atoms with van der Waals surface area (Å²) in [5.74, 6) is 0.964. The molecule has 2 aromatic rings. The molecule has 1 unspecified atom stereocenters. The van der Waals surface area contributed by atoms with E-state index in [0.29, 0.717) is 23.6 Å². The van der Waals surface area contributed by atoms with Gasteiger partial charge in [0.1, 0.15) is 23.3 Å². The number of amides is 2. The van der Waals surface area contributed by atoms with E-state index in [-0.39, 0.29) is 23.8 Å². The first-order valence-corrected chi connectivity index (χ1v) is 10.3. The molecule has 7 heteroatoms. The van der Waals surface area contributed by atoms with Crippen LogP contribution in [-0.4, -0.2) is 38.2 Å². The van der Waals surface area contributed by atoms with E-state index in [9.17, 15) is 9.59 Å². The normalized spacial score (nSPS) is 11.7. The van der Waals surface area contributed by atoms with Gasteiger partial charge in [-0.1, -0.05) is 32.0 Å². The lowest BCUT2D eigenvalue weighted by Crippen LogP contribution is -2.49. The van der Waals surface area contributed by atoms with Gasteiger partial charge in [0, 0.05) is 23.7 Å². The van der Waals surface area contributed by atoms with Crippen molar-refractivity contribution in [3.63, 3.8) is 0 Å². The highest BCUT2D eigenvalue weighted by atomic mass is 16.5. The van der Waals surface area contributed by atoms with Gasteiger partial charge in [0.25, 0.3) is 5.91 Å². The summed E-state index contributed by atoms with van der Waals surface area (Å²) in [5.41, 5.74) is 1.22. The second-order valence-electron chi connectivity index (χ2n) is 7.79. The quantitative estimate of drug-likeness (QED) is 0.604. The summed E-state index contributed by atoms with van der Waals surface area (Å²) in [6, 6.07) is 11.8. The maximum absolute atomic E-state index is 12.9. The van der Waals surface area contributed by atoms with E-state index < -0.39 is 6.04 Å². The van der Waals surface area contributed by atoms with Gasteiger partial charge in [0.2, 0.25) is 5.91 Å². The standard InChI is InChI=1S/C24H32N2O5/c1-15(2)22(26-23(27)18-11-19(29-5)13-20(12-18)30-6)24(28)25-14-17-9-7-8-10-21(17)31-16(3)4/h7-13,15-16,22H,14H2,1-6H3,(H,25,28)(H,26,27). The van der Waals surface area contributed by atoms with Gasteiger partial charge in [-0.3, -0.25) is 9.59 Å². The van der Waals surface area contributed by atoms with E-state index in [4.69, 9.17) is 14.2 Å². The SMILES string of the molecule is COc1cc(OC)cc(C(=O)NC(C(=O)NCc2ccccc2OC(C)C)C(C)C)c1. The first kappa shape index (κ1) is 24.1. The first-order chi connectivity index (χ1) is 14.7. The molecule has 0 bridgehead atoms. The minimum absolute atomic E-state index is 0.0272. The number of hydrogen-bond acceptors (Lipinski definition) is 5. The Morgan fingerprint density at radius 2 is 1.55 bits per heavy atom. The minimum atomic E-state index is -0.706. The summed E-state index contributed by atoms with van der Waals surface area (Å²) < 4.78 is 16.3. The maximum atomic E-state index is 12.9. The predicted molar refractivity (Wildman–Crippen MR) is 120 cm³/mol. The van der Waals surface area contributed by atoms with Crippen LogP contribution in [0.25, 0.3) is 0 Å². The number of rotatable bonds is 10. The zero-order valence-electron chi connectivity index (χ0n) is 19.0. The Bertz CT molecular complexity index is 873. The second kappa shape index (κ2) is 11.2. The van der Waals surface area contributed by atoms with Crippen LogP contribution < -0.4 is 24.8 Å². The Balaban J connectivity index is 2.11. The lowest BCUT2D eigenvalue weighted by Gasteiger charge is -2.22. The first-order valence-electron chi connectivity index (χ1n) is 10.3. The van der Waals surface area contributed by atoms with E-state index in [1.165, 1.54) is 14.2 Å². The average Bonchev–Trinajstić information content (AvgIpc) is 2.75. The number of carbonyl (C=O) groups is 2. The van der Waals surface area contributed by atoms with Gasteiger partial charge in [-0.2, -0.15) is 0 Å². The van der Waals surface area contributed by atoms with Crippen molar-refractivity contribution in [3.8, 4) is 17.2 Å². The van der Waals surface area contributed by atoms with Crippen molar-refractivity contribution in [2.24, 2.45) is 5.92 Å². The van der Waals surface area contributed by atoms with Gasteiger partial charge < -0.3 is 24.8 Å². The molecule has 7 nitrogen and oxygen atoms in total. The highest BCUT2D eigenvalue weighted by Gasteiger charge is 2.25. The number of hydrogen-bond donors (Lipinski definition) is 2. The number of carbonyl (C=O) groups excluding carboxylic acids is 2. The van der Waals surface area contributed by atoms with Gasteiger partial charge >= 0.3 is 0 Å². The Kier molecular flexibility index (Phi) is 8.73. The molecular weight excluding hydrogens is 396 g/mol. The third kappa shape index (κ3) is 6.91. The van der Waals surface area contributed by atoms with Crippen molar-refractivity contribution >= 4 is 11.8 Å². The Hall–Kier alpha value is -3.22. The summed E-state index contributed by atoms with van der Waals surface area (Å²) in [4.78, 5) is 25.7. The van der Waals surface area contributed by atoms with E-state index in [2.05, 4.69) is 10.6 Å². The van der Waals surface area contributed by atoms with Gasteiger partial charge in [0.15, 0.2) is 0 Å². The van der Waals surface area contributed by atoms with Crippen molar-refractivity contribution in [1.29, 1.82) is 0 Å². The van der Waals surface area contributed by atoms with Gasteiger partial charge in [-0.25, -0.2) is 0 Å². The molecule has 0 saturated heterocycles. The number of para-hydroxylation sites is 1. The topological polar surface area (TPSA) is 85.9 Å². The summed E-state index contributed by atoms with van der Waals surface area (Å²) in [6.45, 7) is 7.97. The molecule has 0 aliphatic heterocycles. The number of ether oxygens (including phenoxy) is 3. The van der Waals surface area contributed by atoms with Crippen LogP contribution in [0, 0.1) is 5.92 Å². The minimum Gasteiger partial charge on any atom is -0.497 e. The number of methoxy groups -OCH3 is 2. The van der Waals surface area contributed by atoms with Crippen LogP contribution in [-0.2, 0) is 11.3 Å². The van der Waals surface area contributed by atoms with Gasteiger partial charge in [0.05, 0.1) is 20.3 Å². The fourth-order valence-electron chi connectivity index (χ4n) is 3.01. The molecule has 2 rings (SSSR count). The van der Waals surface area contributed by atoms with Crippen LogP contribution in [0.3, 0.4) is 0 Å². The van der Waals surface area contributed by atoms with Crippen molar-refractivity contribution in [2.75, 3.05) is 14.2 Å². The molecule has 1 atom stereocenters. The summed E-state index contributed by atoms with van der Waals surface area (Å²) >= 11 is 0. The largest absolute Gasteiger partial charge is 0.497 e. The maximum Gasteiger partial charge on any atom is 0.252 e. The highest BCUT2D eigenvalue weighted by Crippen LogP contribution is 2.23. The van der Waals surface area contributed by atoms with Crippen LogP contribution in [0.2, 0.25) is 0 Å². The lowest BCUT2D eigenvalue weighted by molar-refractivity contribution is -0.124. The highest BCUT2D eigenvalue weighted by molar-refractivity contribution is 5.98. The van der Waals surface area contributed by atoms with Crippen molar-refractivity contribution in [1.82, 2.24) is 10.6 Å². The molecule has 0 aliphatic rings. The van der Waals surface area contributed by atoms with E-state index in [1.54, 1.807) is 18.2 Å². The third-order valence-electron chi connectivity index (χ3n) is 4.64. The van der Waals surface area contributed by atoms with Crippen LogP contribution >= 0.6 is 0 Å². The summed E-state index contributed by atoms with van der Waals surface area (Å²) in [5, 5.41) is 5.74. The lowest BCUT2D eigenvalue weighted by atomic mass is 10.0. The Morgan fingerprint density at radius 1 is 0.935 bits per heavy atom. The smallest absolute Gasteiger partial charge is 0.252 e. The fourth-order valence-corrected chi connectivity index (χ4v) is 3.01. The molecule has 0 saturated carbocycles. The summed E-state index contributed by atoms with van der Waals surface area (Å²) in [6.07, 6.45) is 0.0272. The zero-order valence-corrected chi connectivity index (χ0v) is 19.0. The van der Waals surface area contributed by atoms with E-state index >= 15 is 0 Å². The molecule has 0 heterocycles. The van der Waals surface area contributed by atoms with Crippen LogP contribution in [0.1, 0.15) is 43.6 Å². The van der Waals surface area contributed by atoms with E-state index in [0.717, 1.165) is 11.3 Å². The summed E-state index contributed by atoms with van der Waals surface area (Å²) in [7, 11) is 3.03. The molecule has 0 aliphatic carbocycles. The van der Waals surface area contributed by atoms with Gasteiger partial charge in [-0.05, 0) is 38.0 Å². The predicted octanol–water partition coefficient (Wildman–Crippen LogP) is 3.56. The number of benzene rings is 2. The van der Waals surface area contributed by atoms with Gasteiger partial charge in [-0.15, -0.1) is 0 Å². The van der Waals surface area contributed by atoms with Crippen molar-refractivity contribution in [3.05, 3.63) is 53.6 Å². The Labute approximate surface area is 184 Å². The van der Waals surface area contributed by atoms with Crippen LogP contribution in [0.4, 0.5) is 0 Å². The van der Waals surface area contributed by atoms with Crippen molar-refractivity contribution in [2.45, 2.75) is 46.4 Å². The van der Waals surface area contributed by atoms with Crippen LogP contribution in [0.15, 0.2) is 42.5 Å². The molecule has 168 valence electrons. The molecule has 2 aromatic carbocycles. The molecule has 2 amide bonds. The molecule has 31 heavy (non-hydrogen) atoms. The molecular formula is C24H32N2O5.